The van der Waals surface area contributed by atoms with E-state index in [1.54, 1.807) is 0 Å². The quantitative estimate of drug-likeness (QED) is 0.850. The van der Waals surface area contributed by atoms with Gasteiger partial charge in [-0.2, -0.15) is 0 Å². The Morgan fingerprint density at radius 1 is 1.24 bits per heavy atom. The van der Waals surface area contributed by atoms with Gasteiger partial charge in [0, 0.05) is 11.6 Å². The zero-order chi connectivity index (χ0) is 13.1. The van der Waals surface area contributed by atoms with Gasteiger partial charge in [0.05, 0.1) is 0 Å². The molecule has 0 saturated carbocycles. The SMILES string of the molecule is CC[C@@H](C)NC(=O)c1ccc(C(C)(C)C)cc1. The van der Waals surface area contributed by atoms with Crippen LogP contribution < -0.4 is 5.32 Å². The summed E-state index contributed by atoms with van der Waals surface area (Å²) in [4.78, 5) is 11.9. The van der Waals surface area contributed by atoms with Crippen molar-refractivity contribution in [3.63, 3.8) is 0 Å². The molecule has 1 N–H and O–H groups in total. The summed E-state index contributed by atoms with van der Waals surface area (Å²) in [5.74, 6) is 0.0137. The Bertz CT molecular complexity index is 373. The topological polar surface area (TPSA) is 29.1 Å². The molecule has 0 aliphatic carbocycles. The number of amides is 1. The molecule has 0 unspecified atom stereocenters. The fourth-order valence-corrected chi connectivity index (χ4v) is 1.53. The fourth-order valence-electron chi connectivity index (χ4n) is 1.53. The minimum absolute atomic E-state index is 0.0137. The zero-order valence-corrected chi connectivity index (χ0v) is 11.5. The average molecular weight is 233 g/mol. The lowest BCUT2D eigenvalue weighted by molar-refractivity contribution is 0.0939. The molecule has 94 valence electrons. The number of carbonyl (C=O) groups is 1. The first-order chi connectivity index (χ1) is 7.84. The number of carbonyl (C=O) groups excluding carboxylic acids is 1. The van der Waals surface area contributed by atoms with Crippen molar-refractivity contribution in [3.05, 3.63) is 35.4 Å². The van der Waals surface area contributed by atoms with Gasteiger partial charge in [0.15, 0.2) is 0 Å². The van der Waals surface area contributed by atoms with Gasteiger partial charge in [-0.1, -0.05) is 39.8 Å². The lowest BCUT2D eigenvalue weighted by atomic mass is 9.86. The van der Waals surface area contributed by atoms with Gasteiger partial charge < -0.3 is 5.32 Å². The molecule has 0 aliphatic rings. The second-order valence-electron chi connectivity index (χ2n) is 5.61. The maximum absolute atomic E-state index is 11.9. The van der Waals surface area contributed by atoms with E-state index in [0.29, 0.717) is 0 Å². The third-order valence-electron chi connectivity index (χ3n) is 3.00. The Hall–Kier alpha value is -1.31. The minimum atomic E-state index is 0.0137. The van der Waals surface area contributed by atoms with Crippen LogP contribution in [0.25, 0.3) is 0 Å². The maximum Gasteiger partial charge on any atom is 0.251 e. The summed E-state index contributed by atoms with van der Waals surface area (Å²) >= 11 is 0. The van der Waals surface area contributed by atoms with Crippen LogP contribution in [-0.2, 0) is 5.41 Å². The molecule has 17 heavy (non-hydrogen) atoms. The standard InChI is InChI=1S/C15H23NO/c1-6-11(2)16-14(17)12-7-9-13(10-8-12)15(3,4)5/h7-11H,6H2,1-5H3,(H,16,17)/t11-/m1/s1. The molecule has 0 spiro atoms. The van der Waals surface area contributed by atoms with Crippen molar-refractivity contribution in [1.82, 2.24) is 5.32 Å². The Morgan fingerprint density at radius 2 is 1.76 bits per heavy atom. The highest BCUT2D eigenvalue weighted by Gasteiger charge is 2.14. The van der Waals surface area contributed by atoms with Crippen LogP contribution in [0.4, 0.5) is 0 Å². The normalized spacial score (nSPS) is 13.2. The molecule has 1 atom stereocenters. The fraction of sp³-hybridized carbons (Fsp3) is 0.533. The highest BCUT2D eigenvalue weighted by molar-refractivity contribution is 5.94. The van der Waals surface area contributed by atoms with Gasteiger partial charge >= 0.3 is 0 Å². The van der Waals surface area contributed by atoms with E-state index in [-0.39, 0.29) is 17.4 Å². The molecular weight excluding hydrogens is 210 g/mol. The van der Waals surface area contributed by atoms with Crippen molar-refractivity contribution in [3.8, 4) is 0 Å². The monoisotopic (exact) mass is 233 g/mol. The molecule has 0 aromatic heterocycles. The van der Waals surface area contributed by atoms with E-state index in [4.69, 9.17) is 0 Å². The number of benzene rings is 1. The number of nitrogens with one attached hydrogen (secondary N) is 1. The molecule has 0 radical (unpaired) electrons. The summed E-state index contributed by atoms with van der Waals surface area (Å²) < 4.78 is 0. The summed E-state index contributed by atoms with van der Waals surface area (Å²) in [6, 6.07) is 8.10. The number of rotatable bonds is 3. The third-order valence-corrected chi connectivity index (χ3v) is 3.00. The van der Waals surface area contributed by atoms with Crippen molar-refractivity contribution in [2.24, 2.45) is 0 Å². The van der Waals surface area contributed by atoms with Crippen LogP contribution in [0.2, 0.25) is 0 Å². The second kappa shape index (κ2) is 5.35. The van der Waals surface area contributed by atoms with E-state index in [0.717, 1.165) is 12.0 Å². The van der Waals surface area contributed by atoms with Crippen molar-refractivity contribution >= 4 is 5.91 Å². The highest BCUT2D eigenvalue weighted by Crippen LogP contribution is 2.22. The van der Waals surface area contributed by atoms with Crippen molar-refractivity contribution in [2.45, 2.75) is 52.5 Å². The molecule has 2 heteroatoms. The van der Waals surface area contributed by atoms with Gasteiger partial charge in [-0.15, -0.1) is 0 Å². The Balaban J connectivity index is 2.78. The first kappa shape index (κ1) is 13.8. The average Bonchev–Trinajstić information content (AvgIpc) is 2.27. The predicted octanol–water partition coefficient (Wildman–Crippen LogP) is 3.51. The summed E-state index contributed by atoms with van der Waals surface area (Å²) in [5, 5.41) is 2.97. The molecule has 1 aromatic rings. The lowest BCUT2D eigenvalue weighted by Gasteiger charge is -2.19. The van der Waals surface area contributed by atoms with E-state index in [2.05, 4.69) is 33.0 Å². The Labute approximate surface area is 104 Å². The second-order valence-corrected chi connectivity index (χ2v) is 5.61. The van der Waals surface area contributed by atoms with Crippen LogP contribution in [0.5, 0.6) is 0 Å². The first-order valence-corrected chi connectivity index (χ1v) is 6.26. The molecule has 0 saturated heterocycles. The van der Waals surface area contributed by atoms with Crippen LogP contribution >= 0.6 is 0 Å². The van der Waals surface area contributed by atoms with Gasteiger partial charge in [-0.3, -0.25) is 4.79 Å². The van der Waals surface area contributed by atoms with Crippen LogP contribution in [0, 0.1) is 0 Å². The molecule has 1 amide bonds. The predicted molar refractivity (Wildman–Crippen MR) is 72.4 cm³/mol. The Morgan fingerprint density at radius 3 is 2.18 bits per heavy atom. The molecule has 0 fully saturated rings. The molecule has 0 aliphatic heterocycles. The summed E-state index contributed by atoms with van der Waals surface area (Å²) in [6.45, 7) is 10.6. The van der Waals surface area contributed by atoms with E-state index in [1.807, 2.05) is 31.2 Å². The molecule has 1 aromatic carbocycles. The number of hydrogen-bond donors (Lipinski definition) is 1. The van der Waals surface area contributed by atoms with Crippen LogP contribution in [-0.4, -0.2) is 11.9 Å². The van der Waals surface area contributed by atoms with Crippen LogP contribution in [0.3, 0.4) is 0 Å². The summed E-state index contributed by atoms with van der Waals surface area (Å²) in [6.07, 6.45) is 0.950. The Kier molecular flexibility index (Phi) is 4.33. The smallest absolute Gasteiger partial charge is 0.251 e. The first-order valence-electron chi connectivity index (χ1n) is 6.26. The van der Waals surface area contributed by atoms with Gasteiger partial charge in [0.25, 0.3) is 5.91 Å². The maximum atomic E-state index is 11.9. The van der Waals surface area contributed by atoms with Crippen molar-refractivity contribution in [2.75, 3.05) is 0 Å². The van der Waals surface area contributed by atoms with E-state index < -0.39 is 0 Å². The lowest BCUT2D eigenvalue weighted by Crippen LogP contribution is -2.31. The largest absolute Gasteiger partial charge is 0.350 e. The van der Waals surface area contributed by atoms with Crippen LogP contribution in [0.1, 0.15) is 57.0 Å². The summed E-state index contributed by atoms with van der Waals surface area (Å²) in [7, 11) is 0. The van der Waals surface area contributed by atoms with Gasteiger partial charge in [-0.25, -0.2) is 0 Å². The van der Waals surface area contributed by atoms with E-state index >= 15 is 0 Å². The molecule has 0 bridgehead atoms. The molecular formula is C15H23NO. The molecule has 2 nitrogen and oxygen atoms in total. The minimum Gasteiger partial charge on any atom is -0.350 e. The van der Waals surface area contributed by atoms with Gasteiger partial charge in [0.1, 0.15) is 0 Å². The highest BCUT2D eigenvalue weighted by atomic mass is 16.1. The number of hydrogen-bond acceptors (Lipinski definition) is 1. The summed E-state index contributed by atoms with van der Waals surface area (Å²) in [5.41, 5.74) is 2.11. The van der Waals surface area contributed by atoms with Crippen LogP contribution in [0.15, 0.2) is 24.3 Å². The van der Waals surface area contributed by atoms with Crippen molar-refractivity contribution in [1.29, 1.82) is 0 Å². The van der Waals surface area contributed by atoms with Gasteiger partial charge in [0.2, 0.25) is 0 Å². The van der Waals surface area contributed by atoms with E-state index in [1.165, 1.54) is 5.56 Å². The third kappa shape index (κ3) is 3.88. The molecule has 0 heterocycles. The van der Waals surface area contributed by atoms with Gasteiger partial charge in [-0.05, 0) is 36.5 Å². The zero-order valence-electron chi connectivity index (χ0n) is 11.5. The van der Waals surface area contributed by atoms with E-state index in [9.17, 15) is 4.79 Å². The van der Waals surface area contributed by atoms with Crippen molar-refractivity contribution < 1.29 is 4.79 Å². The molecule has 1 rings (SSSR count).